The first kappa shape index (κ1) is 17.2. The number of ether oxygens (including phenoxy) is 1. The fourth-order valence-corrected chi connectivity index (χ4v) is 3.15. The number of hydrogen-bond acceptors (Lipinski definition) is 3. The van der Waals surface area contributed by atoms with E-state index < -0.39 is 0 Å². The van der Waals surface area contributed by atoms with Crippen LogP contribution in [0.4, 0.5) is 0 Å². The molecule has 0 N–H and O–H groups in total. The lowest BCUT2D eigenvalue weighted by Crippen LogP contribution is -2.18. The van der Waals surface area contributed by atoms with Gasteiger partial charge in [0.15, 0.2) is 11.6 Å². The van der Waals surface area contributed by atoms with Gasteiger partial charge in [0.1, 0.15) is 0 Å². The summed E-state index contributed by atoms with van der Waals surface area (Å²) in [6, 6.07) is 18.5. The van der Waals surface area contributed by atoms with Crippen molar-refractivity contribution in [1.82, 2.24) is 0 Å². The molecule has 0 amide bonds. The summed E-state index contributed by atoms with van der Waals surface area (Å²) in [5.41, 5.74) is 2.45. The normalized spacial score (nSPS) is 13.9. The predicted octanol–water partition coefficient (Wildman–Crippen LogP) is 4.84. The quantitative estimate of drug-likeness (QED) is 0.680. The SMILES string of the molecule is O=C(CC(CC(=O)c1ccccc1)C1=COCCC1)c1ccccc1. The highest BCUT2D eigenvalue weighted by molar-refractivity contribution is 5.99. The van der Waals surface area contributed by atoms with Crippen LogP contribution >= 0.6 is 0 Å². The highest BCUT2D eigenvalue weighted by Crippen LogP contribution is 2.29. The molecule has 3 heteroatoms. The second kappa shape index (κ2) is 8.43. The van der Waals surface area contributed by atoms with Crippen LogP contribution in [0.15, 0.2) is 72.5 Å². The summed E-state index contributed by atoms with van der Waals surface area (Å²) in [6.07, 6.45) is 4.23. The number of carbonyl (C=O) groups is 2. The van der Waals surface area contributed by atoms with Crippen LogP contribution in [0.3, 0.4) is 0 Å². The minimum atomic E-state index is -0.110. The highest BCUT2D eigenvalue weighted by Gasteiger charge is 2.24. The Morgan fingerprint density at radius 2 is 1.36 bits per heavy atom. The maximum Gasteiger partial charge on any atom is 0.163 e. The molecule has 0 fully saturated rings. The Morgan fingerprint density at radius 3 is 1.80 bits per heavy atom. The molecule has 25 heavy (non-hydrogen) atoms. The number of ketones is 2. The van der Waals surface area contributed by atoms with Crippen molar-refractivity contribution in [3.05, 3.63) is 83.6 Å². The van der Waals surface area contributed by atoms with Crippen LogP contribution in [0.1, 0.15) is 46.4 Å². The van der Waals surface area contributed by atoms with Gasteiger partial charge in [0, 0.05) is 24.0 Å². The third-order valence-corrected chi connectivity index (χ3v) is 4.54. The summed E-state index contributed by atoms with van der Waals surface area (Å²) in [6.45, 7) is 0.704. The maximum atomic E-state index is 12.6. The van der Waals surface area contributed by atoms with Crippen LogP contribution in [0.25, 0.3) is 0 Å². The summed E-state index contributed by atoms with van der Waals surface area (Å²) >= 11 is 0. The third kappa shape index (κ3) is 4.66. The van der Waals surface area contributed by atoms with Crippen molar-refractivity contribution < 1.29 is 14.3 Å². The van der Waals surface area contributed by atoms with Gasteiger partial charge in [0.2, 0.25) is 0 Å². The zero-order chi connectivity index (χ0) is 17.5. The first-order valence-electron chi connectivity index (χ1n) is 8.71. The number of hydrogen-bond donors (Lipinski definition) is 0. The molecular formula is C22H22O3. The van der Waals surface area contributed by atoms with Crippen LogP contribution in [0.2, 0.25) is 0 Å². The van der Waals surface area contributed by atoms with E-state index in [4.69, 9.17) is 4.74 Å². The van der Waals surface area contributed by atoms with E-state index in [1.165, 1.54) is 0 Å². The van der Waals surface area contributed by atoms with Crippen molar-refractivity contribution in [3.63, 3.8) is 0 Å². The van der Waals surface area contributed by atoms with Gasteiger partial charge in [-0.25, -0.2) is 0 Å². The Hall–Kier alpha value is -2.68. The largest absolute Gasteiger partial charge is 0.501 e. The molecule has 0 saturated carbocycles. The van der Waals surface area contributed by atoms with E-state index in [-0.39, 0.29) is 17.5 Å². The molecule has 1 aliphatic rings. The molecule has 2 aromatic carbocycles. The van der Waals surface area contributed by atoms with E-state index in [1.807, 2.05) is 60.7 Å². The van der Waals surface area contributed by atoms with Crippen LogP contribution in [-0.2, 0) is 4.74 Å². The van der Waals surface area contributed by atoms with E-state index >= 15 is 0 Å². The first-order chi connectivity index (χ1) is 12.2. The first-order valence-corrected chi connectivity index (χ1v) is 8.71. The van der Waals surface area contributed by atoms with Gasteiger partial charge in [-0.15, -0.1) is 0 Å². The number of benzene rings is 2. The molecule has 1 heterocycles. The smallest absolute Gasteiger partial charge is 0.163 e. The lowest BCUT2D eigenvalue weighted by Gasteiger charge is -2.22. The zero-order valence-corrected chi connectivity index (χ0v) is 14.2. The summed E-state index contributed by atoms with van der Waals surface area (Å²) in [7, 11) is 0. The average molecular weight is 334 g/mol. The molecule has 0 aromatic heterocycles. The second-order valence-electron chi connectivity index (χ2n) is 6.35. The highest BCUT2D eigenvalue weighted by atomic mass is 16.5. The second-order valence-corrected chi connectivity index (χ2v) is 6.35. The molecular weight excluding hydrogens is 312 g/mol. The van der Waals surface area contributed by atoms with E-state index in [0.29, 0.717) is 30.6 Å². The monoisotopic (exact) mass is 334 g/mol. The van der Waals surface area contributed by atoms with Crippen LogP contribution in [-0.4, -0.2) is 18.2 Å². The van der Waals surface area contributed by atoms with Gasteiger partial charge in [0.05, 0.1) is 12.9 Å². The van der Waals surface area contributed by atoms with Gasteiger partial charge in [-0.3, -0.25) is 9.59 Å². The van der Waals surface area contributed by atoms with Crippen molar-refractivity contribution in [1.29, 1.82) is 0 Å². The molecule has 0 saturated heterocycles. The Bertz CT molecular complexity index is 694. The van der Waals surface area contributed by atoms with Crippen LogP contribution in [0, 0.1) is 5.92 Å². The molecule has 0 spiro atoms. The van der Waals surface area contributed by atoms with Crippen LogP contribution in [0.5, 0.6) is 0 Å². The molecule has 128 valence electrons. The number of rotatable bonds is 7. The van der Waals surface area contributed by atoms with Gasteiger partial charge >= 0.3 is 0 Å². The average Bonchev–Trinajstić information content (AvgIpc) is 2.69. The van der Waals surface area contributed by atoms with Crippen molar-refractivity contribution in [2.24, 2.45) is 5.92 Å². The molecule has 0 aliphatic carbocycles. The molecule has 2 aromatic rings. The van der Waals surface area contributed by atoms with Gasteiger partial charge in [0.25, 0.3) is 0 Å². The molecule has 1 aliphatic heterocycles. The Labute approximate surface area is 148 Å². The Balaban J connectivity index is 1.77. The summed E-state index contributed by atoms with van der Waals surface area (Å²) < 4.78 is 5.45. The van der Waals surface area contributed by atoms with E-state index in [0.717, 1.165) is 18.4 Å². The van der Waals surface area contributed by atoms with Gasteiger partial charge in [-0.1, -0.05) is 60.7 Å². The van der Waals surface area contributed by atoms with Crippen molar-refractivity contribution >= 4 is 11.6 Å². The minimum Gasteiger partial charge on any atom is -0.501 e. The standard InChI is InChI=1S/C22H22O3/c23-21(17-8-3-1-4-9-17)14-20(19-12-7-13-25-16-19)15-22(24)18-10-5-2-6-11-18/h1-6,8-11,16,20H,7,12-15H2. The van der Waals surface area contributed by atoms with E-state index in [9.17, 15) is 9.59 Å². The van der Waals surface area contributed by atoms with E-state index in [1.54, 1.807) is 6.26 Å². The molecule has 0 atom stereocenters. The van der Waals surface area contributed by atoms with Gasteiger partial charge in [-0.05, 0) is 24.3 Å². The predicted molar refractivity (Wildman–Crippen MR) is 97.5 cm³/mol. The zero-order valence-electron chi connectivity index (χ0n) is 14.2. The van der Waals surface area contributed by atoms with E-state index in [2.05, 4.69) is 0 Å². The number of Topliss-reactive ketones (excluding diaryl/α,β-unsaturated/α-hetero) is 2. The summed E-state index contributed by atoms with van der Waals surface area (Å²) in [5, 5.41) is 0. The molecule has 0 radical (unpaired) electrons. The number of allylic oxidation sites excluding steroid dienone is 1. The summed E-state index contributed by atoms with van der Waals surface area (Å²) in [5.74, 6) is 0.0246. The molecule has 3 nitrogen and oxygen atoms in total. The van der Waals surface area contributed by atoms with Crippen molar-refractivity contribution in [3.8, 4) is 0 Å². The topological polar surface area (TPSA) is 43.4 Å². The molecule has 0 bridgehead atoms. The fraction of sp³-hybridized carbons (Fsp3) is 0.273. The lowest BCUT2D eigenvalue weighted by molar-refractivity contribution is 0.0927. The Morgan fingerprint density at radius 1 is 0.840 bits per heavy atom. The number of carbonyl (C=O) groups excluding carboxylic acids is 2. The van der Waals surface area contributed by atoms with Crippen LogP contribution < -0.4 is 0 Å². The van der Waals surface area contributed by atoms with Crippen molar-refractivity contribution in [2.45, 2.75) is 25.7 Å². The maximum absolute atomic E-state index is 12.6. The summed E-state index contributed by atoms with van der Waals surface area (Å²) in [4.78, 5) is 25.3. The fourth-order valence-electron chi connectivity index (χ4n) is 3.15. The van der Waals surface area contributed by atoms with Gasteiger partial charge in [-0.2, -0.15) is 0 Å². The third-order valence-electron chi connectivity index (χ3n) is 4.54. The minimum absolute atomic E-state index is 0.0675. The molecule has 3 rings (SSSR count). The molecule has 0 unspecified atom stereocenters. The van der Waals surface area contributed by atoms with Crippen molar-refractivity contribution in [2.75, 3.05) is 6.61 Å². The Kier molecular flexibility index (Phi) is 5.78. The lowest BCUT2D eigenvalue weighted by atomic mass is 9.84. The van der Waals surface area contributed by atoms with Gasteiger partial charge < -0.3 is 4.74 Å².